The van der Waals surface area contributed by atoms with Gasteiger partial charge in [0.1, 0.15) is 22.4 Å². The molecular weight excluding hydrogens is 478 g/mol. The number of fused-ring (bicyclic) bond motifs is 2. The second kappa shape index (κ2) is 7.68. The monoisotopic (exact) mass is 493 g/mol. The number of thiophene rings is 2. The summed E-state index contributed by atoms with van der Waals surface area (Å²) in [6.45, 7) is 0.793. The Kier molecular flexibility index (Phi) is 5.10. The van der Waals surface area contributed by atoms with Crippen LogP contribution in [0.2, 0.25) is 5.02 Å². The fraction of sp³-hybridized carbons (Fsp3) is 0.211. The Morgan fingerprint density at radius 2 is 2.13 bits per heavy atom. The van der Waals surface area contributed by atoms with Gasteiger partial charge in [0, 0.05) is 28.4 Å². The molecule has 0 bridgehead atoms. The van der Waals surface area contributed by atoms with Gasteiger partial charge in [0.15, 0.2) is 0 Å². The minimum Gasteiger partial charge on any atom is -0.382 e. The van der Waals surface area contributed by atoms with Crippen molar-refractivity contribution in [3.63, 3.8) is 0 Å². The maximum Gasteiger partial charge on any atom is 0.250 e. The highest BCUT2D eigenvalue weighted by Gasteiger charge is 2.35. The summed E-state index contributed by atoms with van der Waals surface area (Å²) in [4.78, 5) is 22.8. The zero-order valence-corrected chi connectivity index (χ0v) is 19.1. The molecule has 12 heteroatoms. The third kappa shape index (κ3) is 3.76. The lowest BCUT2D eigenvalue weighted by Crippen LogP contribution is -2.41. The number of amides is 1. The maximum atomic E-state index is 12.9. The number of nitrogen functional groups attached to an aromatic ring is 1. The molecule has 1 saturated heterocycles. The van der Waals surface area contributed by atoms with E-state index in [0.29, 0.717) is 30.4 Å². The molecule has 31 heavy (non-hydrogen) atoms. The number of rotatable bonds is 5. The molecule has 3 aromatic heterocycles. The fourth-order valence-electron chi connectivity index (χ4n) is 3.61. The Morgan fingerprint density at radius 1 is 1.29 bits per heavy atom. The molecule has 0 unspecified atom stereocenters. The minimum atomic E-state index is -3.83. The predicted octanol–water partition coefficient (Wildman–Crippen LogP) is 3.22. The van der Waals surface area contributed by atoms with Crippen LogP contribution < -0.4 is 10.5 Å². The summed E-state index contributed by atoms with van der Waals surface area (Å²) in [7, 11) is -3.83. The van der Waals surface area contributed by atoms with Crippen LogP contribution in [0, 0.1) is 0 Å². The number of hydrogen-bond acceptors (Lipinski definition) is 8. The number of sulfonamides is 1. The quantitative estimate of drug-likeness (QED) is 0.440. The second-order valence-electron chi connectivity index (χ2n) is 7.17. The van der Waals surface area contributed by atoms with Gasteiger partial charge in [0.2, 0.25) is 5.91 Å². The maximum absolute atomic E-state index is 12.9. The van der Waals surface area contributed by atoms with Gasteiger partial charge in [-0.3, -0.25) is 4.79 Å². The summed E-state index contributed by atoms with van der Waals surface area (Å²) < 4.78 is 30.1. The number of nitrogens with one attached hydrogen (secondary N) is 1. The molecule has 1 amide bonds. The highest BCUT2D eigenvalue weighted by Crippen LogP contribution is 2.32. The molecule has 3 N–H and O–H groups in total. The number of halogens is 1. The summed E-state index contributed by atoms with van der Waals surface area (Å²) in [5.74, 6) is 0.151. The lowest BCUT2D eigenvalue weighted by molar-refractivity contribution is -0.129. The third-order valence-corrected chi connectivity index (χ3v) is 9.47. The van der Waals surface area contributed by atoms with Gasteiger partial charge in [0.25, 0.3) is 10.0 Å². The number of aromatic nitrogens is 2. The Hall–Kier alpha value is -2.31. The molecule has 1 aliphatic heterocycles. The molecule has 4 aromatic rings. The predicted molar refractivity (Wildman–Crippen MR) is 123 cm³/mol. The first-order valence-corrected chi connectivity index (χ1v) is 12.8. The van der Waals surface area contributed by atoms with Crippen molar-refractivity contribution in [1.29, 1.82) is 0 Å². The van der Waals surface area contributed by atoms with Gasteiger partial charge in [-0.2, -0.15) is 4.72 Å². The zero-order valence-electron chi connectivity index (χ0n) is 15.9. The van der Waals surface area contributed by atoms with Crippen LogP contribution in [0.15, 0.2) is 40.2 Å². The van der Waals surface area contributed by atoms with Crippen molar-refractivity contribution >= 4 is 76.3 Å². The number of hydrogen-bond donors (Lipinski definition) is 2. The van der Waals surface area contributed by atoms with E-state index in [2.05, 4.69) is 14.7 Å². The molecule has 1 aromatic carbocycles. The van der Waals surface area contributed by atoms with Crippen molar-refractivity contribution in [2.75, 3.05) is 12.3 Å². The molecule has 0 spiro atoms. The summed E-state index contributed by atoms with van der Waals surface area (Å²) in [5, 5.41) is 3.20. The molecule has 0 radical (unpaired) electrons. The van der Waals surface area contributed by atoms with Crippen LogP contribution in [0.25, 0.3) is 20.3 Å². The minimum absolute atomic E-state index is 0.159. The van der Waals surface area contributed by atoms with Crippen molar-refractivity contribution in [3.05, 3.63) is 46.6 Å². The van der Waals surface area contributed by atoms with E-state index in [1.165, 1.54) is 17.7 Å². The molecule has 1 aliphatic rings. The molecule has 0 aliphatic carbocycles. The van der Waals surface area contributed by atoms with Crippen molar-refractivity contribution in [2.24, 2.45) is 0 Å². The Labute approximate surface area is 190 Å². The van der Waals surface area contributed by atoms with E-state index in [1.807, 2.05) is 5.38 Å². The average molecular weight is 494 g/mol. The van der Waals surface area contributed by atoms with Gasteiger partial charge < -0.3 is 10.6 Å². The van der Waals surface area contributed by atoms with Crippen LogP contribution in [0.5, 0.6) is 0 Å². The van der Waals surface area contributed by atoms with Crippen molar-refractivity contribution in [1.82, 2.24) is 19.6 Å². The largest absolute Gasteiger partial charge is 0.382 e. The lowest BCUT2D eigenvalue weighted by atomic mass is 10.2. The van der Waals surface area contributed by atoms with Crippen molar-refractivity contribution in [3.8, 4) is 0 Å². The van der Waals surface area contributed by atoms with E-state index >= 15 is 0 Å². The summed E-state index contributed by atoms with van der Waals surface area (Å²) in [6.07, 6.45) is 1.79. The molecule has 1 fully saturated rings. The molecule has 4 heterocycles. The van der Waals surface area contributed by atoms with E-state index in [1.54, 1.807) is 29.2 Å². The Balaban J connectivity index is 1.33. The van der Waals surface area contributed by atoms with E-state index in [0.717, 1.165) is 37.2 Å². The lowest BCUT2D eigenvalue weighted by Gasteiger charge is -2.16. The molecule has 1 atom stereocenters. The number of nitrogens with zero attached hydrogens (tertiary/aromatic N) is 3. The van der Waals surface area contributed by atoms with Crippen molar-refractivity contribution in [2.45, 2.75) is 23.2 Å². The first kappa shape index (κ1) is 20.6. The van der Waals surface area contributed by atoms with Crippen LogP contribution in [0.3, 0.4) is 0 Å². The first-order chi connectivity index (χ1) is 14.8. The third-order valence-electron chi connectivity index (χ3n) is 5.13. The number of anilines is 1. The summed E-state index contributed by atoms with van der Waals surface area (Å²) in [5.41, 5.74) is 7.47. The van der Waals surface area contributed by atoms with Crippen LogP contribution in [0.4, 0.5) is 5.82 Å². The van der Waals surface area contributed by atoms with E-state index in [-0.39, 0.29) is 10.1 Å². The highest BCUT2D eigenvalue weighted by molar-refractivity contribution is 7.91. The van der Waals surface area contributed by atoms with Crippen LogP contribution in [-0.4, -0.2) is 41.8 Å². The van der Waals surface area contributed by atoms with E-state index in [9.17, 15) is 13.2 Å². The van der Waals surface area contributed by atoms with Gasteiger partial charge in [-0.05, 0) is 41.5 Å². The van der Waals surface area contributed by atoms with E-state index < -0.39 is 16.1 Å². The standard InChI is InChI=1S/C19H16ClN5O3S3/c20-12-1-2-14-10(5-12)6-15(30-14)31(27,28)24-13-3-4-25(19(13)26)7-11-8-29-17-16(11)22-9-23-18(17)21/h1-2,5-6,8-9,13,24H,3-4,7H2,(H2,21,22,23)/t13-/m0/s1. The number of benzene rings is 1. The van der Waals surface area contributed by atoms with Crippen LogP contribution in [0.1, 0.15) is 12.0 Å². The number of likely N-dealkylation sites (tertiary alicyclic amines) is 1. The zero-order chi connectivity index (χ0) is 21.8. The van der Waals surface area contributed by atoms with Gasteiger partial charge in [-0.15, -0.1) is 22.7 Å². The fourth-order valence-corrected chi connectivity index (χ4v) is 7.32. The van der Waals surface area contributed by atoms with Gasteiger partial charge in [-0.25, -0.2) is 18.4 Å². The average Bonchev–Trinajstić information content (AvgIpc) is 3.42. The number of carbonyl (C=O) groups is 1. The Bertz CT molecular complexity index is 1430. The normalized spacial score (nSPS) is 17.3. The Morgan fingerprint density at radius 3 is 2.97 bits per heavy atom. The first-order valence-electron chi connectivity index (χ1n) is 9.28. The number of carbonyl (C=O) groups excluding carboxylic acids is 1. The van der Waals surface area contributed by atoms with Gasteiger partial charge in [0.05, 0.1) is 10.2 Å². The topological polar surface area (TPSA) is 118 Å². The summed E-state index contributed by atoms with van der Waals surface area (Å²) in [6, 6.07) is 5.99. The smallest absolute Gasteiger partial charge is 0.250 e. The van der Waals surface area contributed by atoms with Gasteiger partial charge in [-0.1, -0.05) is 11.6 Å². The highest BCUT2D eigenvalue weighted by atomic mass is 35.5. The molecule has 8 nitrogen and oxygen atoms in total. The van der Waals surface area contributed by atoms with Crippen LogP contribution in [-0.2, 0) is 21.4 Å². The molecular formula is C19H16ClN5O3S3. The molecule has 5 rings (SSSR count). The van der Waals surface area contributed by atoms with E-state index in [4.69, 9.17) is 17.3 Å². The number of nitrogens with two attached hydrogens (primary N) is 1. The van der Waals surface area contributed by atoms with Gasteiger partial charge >= 0.3 is 0 Å². The second-order valence-corrected chi connectivity index (χ2v) is 11.5. The summed E-state index contributed by atoms with van der Waals surface area (Å²) >= 11 is 8.57. The molecule has 160 valence electrons. The molecule has 0 saturated carbocycles. The van der Waals surface area contributed by atoms with Crippen LogP contribution >= 0.6 is 34.3 Å². The SMILES string of the molecule is Nc1ncnc2c(CN3CC[C@H](NS(=O)(=O)c4cc5cc(Cl)ccc5s4)C3=O)csc12. The van der Waals surface area contributed by atoms with Crippen molar-refractivity contribution < 1.29 is 13.2 Å².